The summed E-state index contributed by atoms with van der Waals surface area (Å²) in [7, 11) is 0. The zero-order valence-corrected chi connectivity index (χ0v) is 8.64. The fourth-order valence-corrected chi connectivity index (χ4v) is 2.11. The first-order chi connectivity index (χ1) is 6.84. The van der Waals surface area contributed by atoms with Crippen molar-refractivity contribution in [2.75, 3.05) is 11.9 Å². The summed E-state index contributed by atoms with van der Waals surface area (Å²) >= 11 is 6.13. The zero-order chi connectivity index (χ0) is 9.54. The fraction of sp³-hybridized carbons (Fsp3) is 0.600. The van der Waals surface area contributed by atoms with Gasteiger partial charge in [-0.1, -0.05) is 11.6 Å². The Morgan fingerprint density at radius 3 is 2.93 bits per heavy atom. The molecule has 0 aromatic carbocycles. The van der Waals surface area contributed by atoms with Crippen LogP contribution in [-0.2, 0) is 6.42 Å². The second-order valence-corrected chi connectivity index (χ2v) is 4.36. The normalized spacial score (nSPS) is 20.1. The van der Waals surface area contributed by atoms with Crippen LogP contribution in [0.25, 0.3) is 0 Å². The molecule has 14 heavy (non-hydrogen) atoms. The lowest BCUT2D eigenvalue weighted by Crippen LogP contribution is -2.15. The Balaban J connectivity index is 2.06. The molecule has 2 aliphatic rings. The molecule has 2 heterocycles. The minimum atomic E-state index is 0.571. The van der Waals surface area contributed by atoms with Crippen LogP contribution in [0.2, 0.25) is 5.15 Å². The summed E-state index contributed by atoms with van der Waals surface area (Å²) in [5.41, 5.74) is 1.10. The predicted octanol–water partition coefficient (Wildman–Crippen LogP) is 2.37. The van der Waals surface area contributed by atoms with E-state index in [0.717, 1.165) is 36.6 Å². The van der Waals surface area contributed by atoms with Gasteiger partial charge in [0.2, 0.25) is 0 Å². The molecule has 0 saturated heterocycles. The highest BCUT2D eigenvalue weighted by molar-refractivity contribution is 6.30. The van der Waals surface area contributed by atoms with Gasteiger partial charge in [-0.25, -0.2) is 9.97 Å². The Kier molecular flexibility index (Phi) is 1.87. The van der Waals surface area contributed by atoms with Crippen LogP contribution in [0.4, 0.5) is 5.82 Å². The van der Waals surface area contributed by atoms with Crippen molar-refractivity contribution in [3.63, 3.8) is 0 Å². The zero-order valence-electron chi connectivity index (χ0n) is 7.89. The monoisotopic (exact) mass is 209 g/mol. The Morgan fingerprint density at radius 1 is 1.29 bits per heavy atom. The Morgan fingerprint density at radius 2 is 2.14 bits per heavy atom. The van der Waals surface area contributed by atoms with E-state index in [1.54, 1.807) is 0 Å². The molecule has 74 valence electrons. The number of rotatable bonds is 1. The average molecular weight is 210 g/mol. The summed E-state index contributed by atoms with van der Waals surface area (Å²) < 4.78 is 0. The van der Waals surface area contributed by atoms with Gasteiger partial charge in [0, 0.05) is 18.0 Å². The number of aromatic nitrogens is 2. The average Bonchev–Trinajstić information content (AvgIpc) is 3.01. The molecule has 3 nitrogen and oxygen atoms in total. The SMILES string of the molecule is Clc1nc(C2CC2)nc2c1CCCN2. The first-order valence-electron chi connectivity index (χ1n) is 5.15. The van der Waals surface area contributed by atoms with E-state index < -0.39 is 0 Å². The Hall–Kier alpha value is -0.830. The summed E-state index contributed by atoms with van der Waals surface area (Å²) in [4.78, 5) is 8.89. The van der Waals surface area contributed by atoms with Crippen molar-refractivity contribution in [1.82, 2.24) is 9.97 Å². The molecule has 0 bridgehead atoms. The molecule has 1 fully saturated rings. The van der Waals surface area contributed by atoms with Crippen LogP contribution in [0, 0.1) is 0 Å². The molecule has 3 rings (SSSR count). The number of nitrogens with zero attached hydrogens (tertiary/aromatic N) is 2. The van der Waals surface area contributed by atoms with Crippen molar-refractivity contribution >= 4 is 17.4 Å². The lowest BCUT2D eigenvalue weighted by atomic mass is 10.1. The minimum Gasteiger partial charge on any atom is -0.370 e. The van der Waals surface area contributed by atoms with E-state index in [-0.39, 0.29) is 0 Å². The van der Waals surface area contributed by atoms with Crippen molar-refractivity contribution in [2.24, 2.45) is 0 Å². The molecule has 0 unspecified atom stereocenters. The van der Waals surface area contributed by atoms with Crippen LogP contribution in [0.3, 0.4) is 0 Å². The molecule has 1 N–H and O–H groups in total. The highest BCUT2D eigenvalue weighted by Crippen LogP contribution is 2.40. The molecular weight excluding hydrogens is 198 g/mol. The molecule has 4 heteroatoms. The molecular formula is C10H12ClN3. The van der Waals surface area contributed by atoms with Gasteiger partial charge in [0.05, 0.1) is 0 Å². The lowest BCUT2D eigenvalue weighted by Gasteiger charge is -2.18. The van der Waals surface area contributed by atoms with E-state index in [9.17, 15) is 0 Å². The standard InChI is InChI=1S/C10H12ClN3/c11-8-7-2-1-5-12-10(7)14-9(13-8)6-3-4-6/h6H,1-5H2,(H,12,13,14). The van der Waals surface area contributed by atoms with Gasteiger partial charge in [-0.2, -0.15) is 0 Å². The molecule has 0 atom stereocenters. The second-order valence-electron chi connectivity index (χ2n) is 4.00. The molecule has 1 saturated carbocycles. The molecule has 1 aliphatic carbocycles. The van der Waals surface area contributed by atoms with Crippen LogP contribution in [-0.4, -0.2) is 16.5 Å². The highest BCUT2D eigenvalue weighted by atomic mass is 35.5. The van der Waals surface area contributed by atoms with Gasteiger partial charge in [0.1, 0.15) is 16.8 Å². The van der Waals surface area contributed by atoms with Crippen molar-refractivity contribution in [2.45, 2.75) is 31.6 Å². The van der Waals surface area contributed by atoms with E-state index in [0.29, 0.717) is 11.1 Å². The maximum absolute atomic E-state index is 6.13. The first kappa shape index (κ1) is 8.48. The summed E-state index contributed by atoms with van der Waals surface area (Å²) in [5.74, 6) is 2.47. The van der Waals surface area contributed by atoms with Gasteiger partial charge in [-0.05, 0) is 25.7 Å². The largest absolute Gasteiger partial charge is 0.370 e. The molecule has 1 aromatic rings. The third-order valence-corrected chi connectivity index (χ3v) is 3.13. The molecule has 1 aromatic heterocycles. The molecule has 1 aliphatic heterocycles. The number of nitrogens with one attached hydrogen (secondary N) is 1. The molecule has 0 spiro atoms. The van der Waals surface area contributed by atoms with Crippen LogP contribution < -0.4 is 5.32 Å². The quantitative estimate of drug-likeness (QED) is 0.722. The third kappa shape index (κ3) is 1.36. The van der Waals surface area contributed by atoms with Crippen LogP contribution in [0.15, 0.2) is 0 Å². The summed E-state index contributed by atoms with van der Waals surface area (Å²) in [6, 6.07) is 0. The van der Waals surface area contributed by atoms with Gasteiger partial charge in [0.15, 0.2) is 0 Å². The third-order valence-electron chi connectivity index (χ3n) is 2.81. The number of hydrogen-bond acceptors (Lipinski definition) is 3. The van der Waals surface area contributed by atoms with Gasteiger partial charge in [0.25, 0.3) is 0 Å². The van der Waals surface area contributed by atoms with Crippen LogP contribution in [0.5, 0.6) is 0 Å². The minimum absolute atomic E-state index is 0.571. The fourth-order valence-electron chi connectivity index (χ4n) is 1.84. The van der Waals surface area contributed by atoms with Crippen LogP contribution in [0.1, 0.15) is 36.6 Å². The Labute approximate surface area is 87.9 Å². The van der Waals surface area contributed by atoms with E-state index in [1.807, 2.05) is 0 Å². The maximum Gasteiger partial charge on any atom is 0.138 e. The van der Waals surface area contributed by atoms with Crippen molar-refractivity contribution in [1.29, 1.82) is 0 Å². The summed E-state index contributed by atoms with van der Waals surface area (Å²) in [6.45, 7) is 1.00. The second kappa shape index (κ2) is 3.09. The highest BCUT2D eigenvalue weighted by Gasteiger charge is 2.28. The number of hydrogen-bond donors (Lipinski definition) is 1. The van der Waals surface area contributed by atoms with Crippen LogP contribution >= 0.6 is 11.6 Å². The number of fused-ring (bicyclic) bond motifs is 1. The van der Waals surface area contributed by atoms with E-state index >= 15 is 0 Å². The molecule has 0 radical (unpaired) electrons. The van der Waals surface area contributed by atoms with Crippen molar-refractivity contribution < 1.29 is 0 Å². The Bertz CT molecular complexity index is 374. The smallest absolute Gasteiger partial charge is 0.138 e. The lowest BCUT2D eigenvalue weighted by molar-refractivity contribution is 0.791. The predicted molar refractivity (Wildman–Crippen MR) is 55.8 cm³/mol. The van der Waals surface area contributed by atoms with Crippen molar-refractivity contribution in [3.05, 3.63) is 16.5 Å². The number of halogens is 1. The maximum atomic E-state index is 6.13. The summed E-state index contributed by atoms with van der Waals surface area (Å²) in [5, 5.41) is 3.95. The van der Waals surface area contributed by atoms with Gasteiger partial charge in [-0.3, -0.25) is 0 Å². The van der Waals surface area contributed by atoms with Gasteiger partial charge >= 0.3 is 0 Å². The van der Waals surface area contributed by atoms with E-state index in [1.165, 1.54) is 12.8 Å². The van der Waals surface area contributed by atoms with E-state index in [4.69, 9.17) is 11.6 Å². The van der Waals surface area contributed by atoms with E-state index in [2.05, 4.69) is 15.3 Å². The van der Waals surface area contributed by atoms with Gasteiger partial charge < -0.3 is 5.32 Å². The topological polar surface area (TPSA) is 37.8 Å². The summed E-state index contributed by atoms with van der Waals surface area (Å²) in [6.07, 6.45) is 4.56. The first-order valence-corrected chi connectivity index (χ1v) is 5.52. The van der Waals surface area contributed by atoms with Gasteiger partial charge in [-0.15, -0.1) is 0 Å². The van der Waals surface area contributed by atoms with Crippen molar-refractivity contribution in [3.8, 4) is 0 Å². The number of anilines is 1. The molecule has 0 amide bonds.